The summed E-state index contributed by atoms with van der Waals surface area (Å²) in [6, 6.07) is 0.773. The maximum absolute atomic E-state index is 4.03. The lowest BCUT2D eigenvalue weighted by atomic mass is 9.94. The third-order valence-electron chi connectivity index (χ3n) is 5.51. The van der Waals surface area contributed by atoms with E-state index in [0.29, 0.717) is 0 Å². The van der Waals surface area contributed by atoms with Crippen LogP contribution in [0.15, 0.2) is 12.2 Å². The van der Waals surface area contributed by atoms with Crippen LogP contribution in [0.1, 0.15) is 39.0 Å². The highest BCUT2D eigenvalue weighted by Gasteiger charge is 2.66. The molecular formula is C15H25N. The Morgan fingerprint density at radius 1 is 1.31 bits per heavy atom. The van der Waals surface area contributed by atoms with Crippen molar-refractivity contribution in [2.24, 2.45) is 29.6 Å². The second kappa shape index (κ2) is 3.87. The number of allylic oxidation sites excluding steroid dienone is 1. The van der Waals surface area contributed by atoms with Gasteiger partial charge in [-0.2, -0.15) is 0 Å². The van der Waals surface area contributed by atoms with Gasteiger partial charge in [0.2, 0.25) is 0 Å². The lowest BCUT2D eigenvalue weighted by Gasteiger charge is -2.20. The quantitative estimate of drug-likeness (QED) is 0.700. The van der Waals surface area contributed by atoms with Gasteiger partial charge in [-0.15, -0.1) is 6.58 Å². The van der Waals surface area contributed by atoms with E-state index in [1.807, 2.05) is 0 Å². The summed E-state index contributed by atoms with van der Waals surface area (Å²) in [4.78, 5) is 0. The van der Waals surface area contributed by atoms with E-state index in [-0.39, 0.29) is 0 Å². The smallest absolute Gasteiger partial charge is 0.0101 e. The highest BCUT2D eigenvalue weighted by Crippen LogP contribution is 2.70. The normalized spacial score (nSPS) is 45.5. The molecule has 0 aromatic heterocycles. The number of hydrogen-bond acceptors (Lipinski definition) is 1. The molecule has 0 amide bonds. The Hall–Kier alpha value is -0.300. The van der Waals surface area contributed by atoms with Crippen LogP contribution in [0.25, 0.3) is 0 Å². The molecule has 0 aliphatic heterocycles. The maximum Gasteiger partial charge on any atom is 0.0101 e. The summed E-state index contributed by atoms with van der Waals surface area (Å²) < 4.78 is 0. The molecular weight excluding hydrogens is 194 g/mol. The van der Waals surface area contributed by atoms with Gasteiger partial charge in [-0.3, -0.25) is 0 Å². The third kappa shape index (κ3) is 1.55. The number of rotatable bonds is 5. The fraction of sp³-hybridized carbons (Fsp3) is 0.867. The van der Waals surface area contributed by atoms with Gasteiger partial charge >= 0.3 is 0 Å². The van der Waals surface area contributed by atoms with Crippen molar-refractivity contribution in [2.75, 3.05) is 7.05 Å². The molecule has 3 rings (SSSR count). The predicted molar refractivity (Wildman–Crippen MR) is 68.2 cm³/mol. The number of fused-ring (bicyclic) bond motifs is 5. The van der Waals surface area contributed by atoms with Crippen LogP contribution in [-0.2, 0) is 0 Å². The standard InChI is InChI=1S/C15H25N/c1-9(2)4-7-12(16-3)15-13-10-5-6-11(8-10)14(13)15/h10-16H,1,4-8H2,2-3H3. The molecule has 3 aliphatic rings. The third-order valence-corrected chi connectivity index (χ3v) is 5.51. The van der Waals surface area contributed by atoms with E-state index >= 15 is 0 Å². The molecule has 5 unspecified atom stereocenters. The van der Waals surface area contributed by atoms with Crippen LogP contribution in [0.3, 0.4) is 0 Å². The van der Waals surface area contributed by atoms with Gasteiger partial charge in [0.05, 0.1) is 0 Å². The van der Waals surface area contributed by atoms with Crippen LogP contribution in [0.2, 0.25) is 0 Å². The van der Waals surface area contributed by atoms with E-state index < -0.39 is 0 Å². The Kier molecular flexibility index (Phi) is 2.62. The molecule has 5 atom stereocenters. The van der Waals surface area contributed by atoms with Crippen LogP contribution in [0, 0.1) is 29.6 Å². The molecule has 90 valence electrons. The Labute approximate surface area is 99.7 Å². The Morgan fingerprint density at radius 3 is 2.44 bits per heavy atom. The van der Waals surface area contributed by atoms with Crippen molar-refractivity contribution in [1.82, 2.24) is 5.32 Å². The van der Waals surface area contributed by atoms with Crippen LogP contribution in [-0.4, -0.2) is 13.1 Å². The fourth-order valence-corrected chi connectivity index (χ4v) is 4.86. The summed E-state index contributed by atoms with van der Waals surface area (Å²) in [5.74, 6) is 5.47. The second-order valence-electron chi connectivity index (χ2n) is 6.46. The molecule has 0 aromatic rings. The zero-order chi connectivity index (χ0) is 11.3. The predicted octanol–water partition coefficient (Wildman–Crippen LogP) is 3.22. The zero-order valence-electron chi connectivity index (χ0n) is 10.7. The SMILES string of the molecule is C=C(C)CCC(NC)C1C2C3CCC(C3)C21. The molecule has 1 heteroatoms. The van der Waals surface area contributed by atoms with E-state index in [1.165, 1.54) is 18.4 Å². The first-order chi connectivity index (χ1) is 7.72. The molecule has 3 aliphatic carbocycles. The van der Waals surface area contributed by atoms with Crippen LogP contribution in [0.5, 0.6) is 0 Å². The van der Waals surface area contributed by atoms with Crippen molar-refractivity contribution in [3.8, 4) is 0 Å². The topological polar surface area (TPSA) is 12.0 Å². The molecule has 0 saturated heterocycles. The lowest BCUT2D eigenvalue weighted by molar-refractivity contribution is 0.364. The molecule has 3 fully saturated rings. The van der Waals surface area contributed by atoms with Gasteiger partial charge in [0.15, 0.2) is 0 Å². The largest absolute Gasteiger partial charge is 0.317 e. The Bertz CT molecular complexity index is 280. The van der Waals surface area contributed by atoms with Gasteiger partial charge in [-0.05, 0) is 75.7 Å². The highest BCUT2D eigenvalue weighted by molar-refractivity contribution is 5.15. The molecule has 0 aromatic carbocycles. The van der Waals surface area contributed by atoms with Crippen molar-refractivity contribution in [3.05, 3.63) is 12.2 Å². The number of nitrogens with one attached hydrogen (secondary N) is 1. The van der Waals surface area contributed by atoms with E-state index in [4.69, 9.17) is 0 Å². The van der Waals surface area contributed by atoms with E-state index in [2.05, 4.69) is 25.9 Å². The van der Waals surface area contributed by atoms with Gasteiger partial charge in [0.1, 0.15) is 0 Å². The van der Waals surface area contributed by atoms with E-state index in [0.717, 1.165) is 35.6 Å². The van der Waals surface area contributed by atoms with Gasteiger partial charge in [-0.25, -0.2) is 0 Å². The molecule has 0 radical (unpaired) electrons. The number of hydrogen-bond donors (Lipinski definition) is 1. The average molecular weight is 219 g/mol. The molecule has 2 bridgehead atoms. The van der Waals surface area contributed by atoms with Gasteiger partial charge in [0, 0.05) is 6.04 Å². The summed E-state index contributed by atoms with van der Waals surface area (Å²) in [7, 11) is 2.15. The fourth-order valence-electron chi connectivity index (χ4n) is 4.86. The van der Waals surface area contributed by atoms with E-state index in [1.54, 1.807) is 19.3 Å². The second-order valence-corrected chi connectivity index (χ2v) is 6.46. The van der Waals surface area contributed by atoms with Crippen LogP contribution >= 0.6 is 0 Å². The lowest BCUT2D eigenvalue weighted by Crippen LogP contribution is -2.30. The summed E-state index contributed by atoms with van der Waals surface area (Å²) in [6.45, 7) is 6.18. The van der Waals surface area contributed by atoms with Crippen molar-refractivity contribution in [1.29, 1.82) is 0 Å². The van der Waals surface area contributed by atoms with Crippen molar-refractivity contribution in [2.45, 2.75) is 45.1 Å². The molecule has 1 nitrogen and oxygen atoms in total. The van der Waals surface area contributed by atoms with Gasteiger partial charge < -0.3 is 5.32 Å². The average Bonchev–Trinajstić information content (AvgIpc) is 2.69. The molecule has 3 saturated carbocycles. The summed E-state index contributed by atoms with van der Waals surface area (Å²) in [5, 5.41) is 3.58. The van der Waals surface area contributed by atoms with E-state index in [9.17, 15) is 0 Å². The first-order valence-electron chi connectivity index (χ1n) is 7.04. The molecule has 0 heterocycles. The first kappa shape index (κ1) is 10.8. The Balaban J connectivity index is 1.59. The van der Waals surface area contributed by atoms with Crippen LogP contribution in [0.4, 0.5) is 0 Å². The monoisotopic (exact) mass is 219 g/mol. The molecule has 0 spiro atoms. The van der Waals surface area contributed by atoms with Crippen molar-refractivity contribution in [3.63, 3.8) is 0 Å². The maximum atomic E-state index is 4.03. The van der Waals surface area contributed by atoms with Crippen LogP contribution < -0.4 is 5.32 Å². The highest BCUT2D eigenvalue weighted by atomic mass is 14.9. The summed E-state index contributed by atoms with van der Waals surface area (Å²) in [5.41, 5.74) is 1.34. The minimum atomic E-state index is 0.773. The molecule has 1 N–H and O–H groups in total. The zero-order valence-corrected chi connectivity index (χ0v) is 10.7. The van der Waals surface area contributed by atoms with Gasteiger partial charge in [-0.1, -0.05) is 5.57 Å². The minimum Gasteiger partial charge on any atom is -0.317 e. The molecule has 16 heavy (non-hydrogen) atoms. The first-order valence-corrected chi connectivity index (χ1v) is 7.04. The van der Waals surface area contributed by atoms with Crippen molar-refractivity contribution < 1.29 is 0 Å². The van der Waals surface area contributed by atoms with Gasteiger partial charge in [0.25, 0.3) is 0 Å². The van der Waals surface area contributed by atoms with Crippen molar-refractivity contribution >= 4 is 0 Å². The summed E-state index contributed by atoms with van der Waals surface area (Å²) in [6.07, 6.45) is 7.17. The minimum absolute atomic E-state index is 0.773. The summed E-state index contributed by atoms with van der Waals surface area (Å²) >= 11 is 0. The Morgan fingerprint density at radius 2 is 1.94 bits per heavy atom.